The second-order valence-electron chi connectivity index (χ2n) is 11.9. The molecule has 0 amide bonds. The topological polar surface area (TPSA) is 37.3 Å². The van der Waals surface area contributed by atoms with Crippen molar-refractivity contribution in [3.63, 3.8) is 0 Å². The summed E-state index contributed by atoms with van der Waals surface area (Å²) in [4.78, 5) is 10.3. The van der Waals surface area contributed by atoms with Crippen molar-refractivity contribution in [3.05, 3.63) is 141 Å². The Balaban J connectivity index is 0.000000182. The number of halogens is 4. The van der Waals surface area contributed by atoms with Crippen LogP contribution >= 0.6 is 47.0 Å². The lowest BCUT2D eigenvalue weighted by molar-refractivity contribution is 0.112. The lowest BCUT2D eigenvalue weighted by Crippen LogP contribution is -2.31. The first-order chi connectivity index (χ1) is 22.9. The van der Waals surface area contributed by atoms with Crippen molar-refractivity contribution in [2.45, 2.75) is 55.3 Å². The third kappa shape index (κ3) is 10.8. The highest BCUT2D eigenvalue weighted by Crippen LogP contribution is 2.57. The van der Waals surface area contributed by atoms with E-state index in [1.165, 1.54) is 30.7 Å². The molecule has 2 aliphatic rings. The summed E-state index contributed by atoms with van der Waals surface area (Å²) in [5.74, 6) is 1.69. The molecule has 48 heavy (non-hydrogen) atoms. The van der Waals surface area contributed by atoms with Crippen LogP contribution in [0, 0.1) is 51.0 Å². The van der Waals surface area contributed by atoms with Gasteiger partial charge in [-0.15, -0.1) is 47.0 Å². The van der Waals surface area contributed by atoms with Crippen LogP contribution in [0.1, 0.15) is 72.8 Å². The monoisotopic (exact) mass is 732 g/mol. The van der Waals surface area contributed by atoms with Crippen LogP contribution in [0.2, 0.25) is 0 Å². The van der Waals surface area contributed by atoms with E-state index < -0.39 is 33.5 Å². The lowest BCUT2D eigenvalue weighted by Gasteiger charge is -2.40. The highest BCUT2D eigenvalue weighted by molar-refractivity contribution is 8.18. The zero-order valence-corrected chi connectivity index (χ0v) is 30.7. The van der Waals surface area contributed by atoms with Crippen LogP contribution in [0.25, 0.3) is 0 Å². The van der Waals surface area contributed by atoms with Crippen molar-refractivity contribution in [2.24, 2.45) is 0 Å². The van der Waals surface area contributed by atoms with E-state index in [0.717, 1.165) is 86.8 Å². The molecule has 0 aliphatic carbocycles. The minimum atomic E-state index is -0.840. The van der Waals surface area contributed by atoms with Gasteiger partial charge in [-0.3, -0.25) is 4.79 Å². The molecule has 4 aromatic rings. The number of carbonyl (C=O) groups is 1. The van der Waals surface area contributed by atoms with E-state index in [-0.39, 0.29) is 4.58 Å². The molecular weight excluding hydrogens is 693 g/mol. The smallest absolute Gasteiger partial charge is 0.150 e. The van der Waals surface area contributed by atoms with Gasteiger partial charge in [-0.25, -0.2) is 17.6 Å². The average molecular weight is 733 g/mol. The van der Waals surface area contributed by atoms with E-state index in [1.807, 2.05) is 64.1 Å². The van der Waals surface area contributed by atoms with E-state index in [9.17, 15) is 27.5 Å². The molecule has 0 saturated carbocycles. The molecule has 4 aromatic carbocycles. The second kappa shape index (κ2) is 18.0. The molecule has 2 aliphatic heterocycles. The third-order valence-electron chi connectivity index (χ3n) is 7.47. The maximum atomic E-state index is 13.8. The van der Waals surface area contributed by atoms with Crippen molar-refractivity contribution in [3.8, 4) is 0 Å². The summed E-state index contributed by atoms with van der Waals surface area (Å²) >= 11 is 6.68. The van der Waals surface area contributed by atoms with Gasteiger partial charge in [0.15, 0.2) is 0 Å². The van der Waals surface area contributed by atoms with Crippen LogP contribution in [-0.2, 0) is 4.08 Å². The Kier molecular flexibility index (Phi) is 14.4. The largest absolute Gasteiger partial charge is 0.386 e. The van der Waals surface area contributed by atoms with Crippen molar-refractivity contribution >= 4 is 53.3 Å². The molecule has 1 atom stereocenters. The van der Waals surface area contributed by atoms with Gasteiger partial charge in [0.25, 0.3) is 0 Å². The van der Waals surface area contributed by atoms with Crippen LogP contribution in [0.5, 0.6) is 0 Å². The number of aliphatic hydroxyl groups is 1. The number of hydrogen-bond acceptors (Lipinski definition) is 6. The minimum Gasteiger partial charge on any atom is -0.386 e. The van der Waals surface area contributed by atoms with Gasteiger partial charge in [0.1, 0.15) is 39.7 Å². The number of thioether (sulfide) groups is 4. The van der Waals surface area contributed by atoms with Crippen molar-refractivity contribution in [2.75, 3.05) is 23.0 Å². The average Bonchev–Trinajstić information content (AvgIpc) is 3.04. The summed E-state index contributed by atoms with van der Waals surface area (Å²) in [7, 11) is 0. The predicted molar refractivity (Wildman–Crippen MR) is 198 cm³/mol. The van der Waals surface area contributed by atoms with Crippen LogP contribution in [0.3, 0.4) is 0 Å². The molecule has 6 rings (SSSR count). The van der Waals surface area contributed by atoms with Crippen LogP contribution < -0.4 is 0 Å². The molecule has 0 bridgehead atoms. The zero-order chi connectivity index (χ0) is 34.8. The fourth-order valence-electron chi connectivity index (χ4n) is 5.64. The minimum absolute atomic E-state index is 0.203. The fraction of sp³-hybridized carbons (Fsp3) is 0.342. The summed E-state index contributed by atoms with van der Waals surface area (Å²) in [5, 5.41) is 11.2. The van der Waals surface area contributed by atoms with Crippen LogP contribution in [0.4, 0.5) is 17.6 Å². The summed E-state index contributed by atoms with van der Waals surface area (Å²) in [6, 6.07) is 19.1. The van der Waals surface area contributed by atoms with Crippen LogP contribution in [0.15, 0.2) is 72.8 Å². The number of aryl methyl sites for hydroxylation is 4. The number of carbonyl (C=O) groups excluding carboxylic acids is 1. The Bertz CT molecular complexity index is 1610. The first-order valence-electron chi connectivity index (χ1n) is 15.6. The molecule has 2 saturated heterocycles. The van der Waals surface area contributed by atoms with Gasteiger partial charge in [-0.2, -0.15) is 0 Å². The molecule has 2 heterocycles. The van der Waals surface area contributed by atoms with E-state index in [2.05, 4.69) is 0 Å². The van der Waals surface area contributed by atoms with Crippen molar-refractivity contribution in [1.82, 2.24) is 0 Å². The molecule has 0 radical (unpaired) electrons. The second-order valence-corrected chi connectivity index (χ2v) is 17.5. The Morgan fingerprint density at radius 1 is 0.646 bits per heavy atom. The highest BCUT2D eigenvalue weighted by Gasteiger charge is 2.44. The maximum Gasteiger partial charge on any atom is 0.150 e. The summed E-state index contributed by atoms with van der Waals surface area (Å²) in [6.45, 7) is 7.94. The van der Waals surface area contributed by atoms with Gasteiger partial charge in [-0.05, 0) is 117 Å². The van der Waals surface area contributed by atoms with E-state index in [0.29, 0.717) is 5.56 Å². The van der Waals surface area contributed by atoms with Gasteiger partial charge in [0, 0.05) is 17.7 Å². The standard InChI is InChI=1S/C19H20F2OS2.C10H10F2S2.C9H10O/c1-12-6-13(2)8-14(7-12)18(22)19(23-4-3-5-24-19)15-9-16(20)11-17(21)10-15;11-8-4-7(5-9(12)6-8)10-13-2-1-3-14-10;1-7-3-8(2)5-9(4-7)6-10/h6-11,18,22H,3-5H2,1-2H3;4-6,10H,1-3H2;3-6H,1-2H3. The quantitative estimate of drug-likeness (QED) is 0.163. The molecule has 2 fully saturated rings. The summed E-state index contributed by atoms with van der Waals surface area (Å²) in [6.07, 6.45) is 2.24. The van der Waals surface area contributed by atoms with Gasteiger partial charge >= 0.3 is 0 Å². The molecule has 10 heteroatoms. The predicted octanol–water partition coefficient (Wildman–Crippen LogP) is 11.3. The molecule has 0 spiro atoms. The maximum absolute atomic E-state index is 13.8. The fourth-order valence-corrected chi connectivity index (χ4v) is 11.9. The van der Waals surface area contributed by atoms with E-state index in [4.69, 9.17) is 0 Å². The van der Waals surface area contributed by atoms with Gasteiger partial charge in [-0.1, -0.05) is 46.5 Å². The summed E-state index contributed by atoms with van der Waals surface area (Å²) in [5.41, 5.74) is 7.23. The Morgan fingerprint density at radius 3 is 1.56 bits per heavy atom. The Morgan fingerprint density at radius 2 is 1.08 bits per heavy atom. The first-order valence-corrected chi connectivity index (χ1v) is 19.7. The van der Waals surface area contributed by atoms with Gasteiger partial charge < -0.3 is 5.11 Å². The summed E-state index contributed by atoms with van der Waals surface area (Å²) < 4.78 is 52.9. The Labute approximate surface area is 298 Å². The number of hydrogen-bond donors (Lipinski definition) is 1. The zero-order valence-electron chi connectivity index (χ0n) is 27.4. The molecule has 1 unspecified atom stereocenters. The molecule has 0 aromatic heterocycles. The third-order valence-corrected chi connectivity index (χ3v) is 14.0. The number of rotatable bonds is 5. The molecule has 2 nitrogen and oxygen atoms in total. The first kappa shape index (κ1) is 38.4. The van der Waals surface area contributed by atoms with E-state index in [1.54, 1.807) is 47.0 Å². The molecule has 1 N–H and O–H groups in total. The highest BCUT2D eigenvalue weighted by atomic mass is 32.2. The van der Waals surface area contributed by atoms with Gasteiger partial charge in [0.2, 0.25) is 0 Å². The number of aldehydes is 1. The van der Waals surface area contributed by atoms with E-state index >= 15 is 0 Å². The van der Waals surface area contributed by atoms with Crippen molar-refractivity contribution in [1.29, 1.82) is 0 Å². The molecular formula is C38H40F4O2S4. The van der Waals surface area contributed by atoms with Crippen LogP contribution in [-0.4, -0.2) is 34.4 Å². The number of aliphatic hydroxyl groups excluding tert-OH is 1. The van der Waals surface area contributed by atoms with Gasteiger partial charge in [0.05, 0.1) is 4.58 Å². The molecule has 256 valence electrons. The Hall–Kier alpha value is -2.37. The lowest BCUT2D eigenvalue weighted by atomic mass is 9.97. The normalized spacial score (nSPS) is 16.5. The SMILES string of the molecule is Cc1cc(C)cc(C(O)C2(c3cc(F)cc(F)c3)SCCCS2)c1.Cc1cc(C)cc(C=O)c1.Fc1cc(F)cc(C2SCCCS2)c1. The number of benzene rings is 4. The van der Waals surface area contributed by atoms with Crippen molar-refractivity contribution < 1.29 is 27.5 Å².